The van der Waals surface area contributed by atoms with Crippen LogP contribution in [0.1, 0.15) is 32.4 Å². The summed E-state index contributed by atoms with van der Waals surface area (Å²) in [5.41, 5.74) is 5.41. The van der Waals surface area contributed by atoms with Crippen LogP contribution in [0.2, 0.25) is 0 Å². The van der Waals surface area contributed by atoms with Gasteiger partial charge in [-0.3, -0.25) is 0 Å². The van der Waals surface area contributed by atoms with E-state index in [1.54, 1.807) is 20.8 Å². The Morgan fingerprint density at radius 1 is 1.53 bits per heavy atom. The lowest BCUT2D eigenvalue weighted by Gasteiger charge is -2.21. The Kier molecular flexibility index (Phi) is 4.72. The van der Waals surface area contributed by atoms with Gasteiger partial charge in [-0.05, 0) is 39.0 Å². The van der Waals surface area contributed by atoms with Gasteiger partial charge in [-0.2, -0.15) is 0 Å². The fourth-order valence-electron chi connectivity index (χ4n) is 1.44. The van der Waals surface area contributed by atoms with E-state index in [9.17, 15) is 14.3 Å². The number of rotatable bonds is 3. The normalized spacial score (nSPS) is 12.9. The summed E-state index contributed by atoms with van der Waals surface area (Å²) in [6.07, 6.45) is -0.612. The summed E-state index contributed by atoms with van der Waals surface area (Å²) in [7, 11) is 0. The van der Waals surface area contributed by atoms with Crippen molar-refractivity contribution in [3.63, 3.8) is 0 Å². The summed E-state index contributed by atoms with van der Waals surface area (Å²) >= 11 is 0. The van der Waals surface area contributed by atoms with Crippen LogP contribution in [0.3, 0.4) is 0 Å². The second-order valence-corrected chi connectivity index (χ2v) is 5.19. The van der Waals surface area contributed by atoms with E-state index in [-0.39, 0.29) is 17.9 Å². The predicted molar refractivity (Wildman–Crippen MR) is 69.2 cm³/mol. The van der Waals surface area contributed by atoms with Gasteiger partial charge in [0.25, 0.3) is 0 Å². The molecule has 6 heteroatoms. The van der Waals surface area contributed by atoms with Crippen molar-refractivity contribution in [2.24, 2.45) is 5.73 Å². The Balaban J connectivity index is 2.58. The third-order valence-corrected chi connectivity index (χ3v) is 2.25. The number of nitrogens with two attached hydrogens (primary N) is 1. The number of hydrogen-bond donors (Lipinski definition) is 3. The molecule has 1 aromatic carbocycles. The second-order valence-electron chi connectivity index (χ2n) is 5.19. The molecule has 0 bridgehead atoms. The van der Waals surface area contributed by atoms with E-state index in [0.717, 1.165) is 12.1 Å². The standard InChI is InChI=1S/C13H19FN2O3/c1-13(2,3)19-12(18)16-7-10(15)9-6-8(14)4-5-11(9)17/h4-6,10,17H,7,15H2,1-3H3,(H,16,18). The van der Waals surface area contributed by atoms with Crippen LogP contribution in [0.5, 0.6) is 5.75 Å². The summed E-state index contributed by atoms with van der Waals surface area (Å²) in [4.78, 5) is 11.4. The van der Waals surface area contributed by atoms with E-state index >= 15 is 0 Å². The summed E-state index contributed by atoms with van der Waals surface area (Å²) in [6, 6.07) is 2.77. The van der Waals surface area contributed by atoms with Gasteiger partial charge in [-0.1, -0.05) is 0 Å². The highest BCUT2D eigenvalue weighted by Crippen LogP contribution is 2.23. The average Bonchev–Trinajstić information content (AvgIpc) is 2.27. The molecule has 5 nitrogen and oxygen atoms in total. The van der Waals surface area contributed by atoms with Crippen LogP contribution in [0.15, 0.2) is 18.2 Å². The molecule has 19 heavy (non-hydrogen) atoms. The van der Waals surface area contributed by atoms with Crippen LogP contribution < -0.4 is 11.1 Å². The van der Waals surface area contributed by atoms with Gasteiger partial charge in [-0.15, -0.1) is 0 Å². The van der Waals surface area contributed by atoms with Crippen LogP contribution in [-0.2, 0) is 4.74 Å². The molecule has 1 unspecified atom stereocenters. The van der Waals surface area contributed by atoms with Crippen molar-refractivity contribution in [3.8, 4) is 5.75 Å². The molecule has 0 heterocycles. The topological polar surface area (TPSA) is 84.6 Å². The van der Waals surface area contributed by atoms with Gasteiger partial charge in [0.1, 0.15) is 17.2 Å². The number of carbonyl (C=O) groups excluding carboxylic acids is 1. The number of amides is 1. The number of benzene rings is 1. The highest BCUT2D eigenvalue weighted by atomic mass is 19.1. The summed E-state index contributed by atoms with van der Waals surface area (Å²) in [5.74, 6) is -0.611. The second kappa shape index (κ2) is 5.88. The first-order chi connectivity index (χ1) is 8.69. The molecule has 0 spiro atoms. The quantitative estimate of drug-likeness (QED) is 0.784. The van der Waals surface area contributed by atoms with E-state index in [0.29, 0.717) is 0 Å². The van der Waals surface area contributed by atoms with Crippen molar-refractivity contribution < 1.29 is 19.0 Å². The van der Waals surface area contributed by atoms with Gasteiger partial charge >= 0.3 is 6.09 Å². The van der Waals surface area contributed by atoms with E-state index in [4.69, 9.17) is 10.5 Å². The Morgan fingerprint density at radius 2 is 2.16 bits per heavy atom. The molecule has 0 aliphatic carbocycles. The summed E-state index contributed by atoms with van der Waals surface area (Å²) in [5, 5.41) is 12.0. The lowest BCUT2D eigenvalue weighted by atomic mass is 10.1. The zero-order chi connectivity index (χ0) is 14.6. The van der Waals surface area contributed by atoms with E-state index in [1.165, 1.54) is 6.07 Å². The fourth-order valence-corrected chi connectivity index (χ4v) is 1.44. The first kappa shape index (κ1) is 15.2. The Hall–Kier alpha value is -1.82. The number of ether oxygens (including phenoxy) is 1. The number of hydrogen-bond acceptors (Lipinski definition) is 4. The molecular formula is C13H19FN2O3. The first-order valence-corrected chi connectivity index (χ1v) is 5.90. The number of phenolic OH excluding ortho intramolecular Hbond substituents is 1. The minimum absolute atomic E-state index is 0.0337. The molecular weight excluding hydrogens is 251 g/mol. The van der Waals surface area contributed by atoms with E-state index in [1.807, 2.05) is 0 Å². The van der Waals surface area contributed by atoms with Gasteiger partial charge in [0.15, 0.2) is 0 Å². The minimum Gasteiger partial charge on any atom is -0.508 e. The number of alkyl carbamates (subject to hydrolysis) is 1. The zero-order valence-corrected chi connectivity index (χ0v) is 11.2. The van der Waals surface area contributed by atoms with Crippen molar-refractivity contribution >= 4 is 6.09 Å². The van der Waals surface area contributed by atoms with Crippen molar-refractivity contribution in [3.05, 3.63) is 29.6 Å². The highest BCUT2D eigenvalue weighted by Gasteiger charge is 2.18. The largest absolute Gasteiger partial charge is 0.508 e. The fraction of sp³-hybridized carbons (Fsp3) is 0.462. The SMILES string of the molecule is CC(C)(C)OC(=O)NCC(N)c1cc(F)ccc1O. The van der Waals surface area contributed by atoms with Gasteiger partial charge < -0.3 is 20.9 Å². The number of aromatic hydroxyl groups is 1. The third kappa shape index (κ3) is 5.13. The molecule has 1 aromatic rings. The maximum Gasteiger partial charge on any atom is 0.407 e. The highest BCUT2D eigenvalue weighted by molar-refractivity contribution is 5.67. The van der Waals surface area contributed by atoms with Crippen LogP contribution in [0.25, 0.3) is 0 Å². The van der Waals surface area contributed by atoms with Crippen LogP contribution in [0.4, 0.5) is 9.18 Å². The summed E-state index contributed by atoms with van der Waals surface area (Å²) in [6.45, 7) is 5.26. The third-order valence-electron chi connectivity index (χ3n) is 2.25. The van der Waals surface area contributed by atoms with Gasteiger partial charge in [0, 0.05) is 12.1 Å². The molecule has 0 aromatic heterocycles. The molecule has 1 rings (SSSR count). The van der Waals surface area contributed by atoms with E-state index in [2.05, 4.69) is 5.32 Å². The van der Waals surface area contributed by atoms with Crippen LogP contribution in [0, 0.1) is 5.82 Å². The van der Waals surface area contributed by atoms with Crippen molar-refractivity contribution in [2.75, 3.05) is 6.54 Å². The number of carbonyl (C=O) groups is 1. The number of phenols is 1. The van der Waals surface area contributed by atoms with Crippen molar-refractivity contribution in [1.82, 2.24) is 5.32 Å². The maximum absolute atomic E-state index is 13.1. The molecule has 0 aliphatic heterocycles. The lowest BCUT2D eigenvalue weighted by molar-refractivity contribution is 0.0524. The Bertz CT molecular complexity index is 458. The monoisotopic (exact) mass is 270 g/mol. The number of nitrogens with one attached hydrogen (secondary N) is 1. The molecule has 0 saturated heterocycles. The molecule has 0 saturated carbocycles. The Morgan fingerprint density at radius 3 is 2.74 bits per heavy atom. The predicted octanol–water partition coefficient (Wildman–Crippen LogP) is 2.06. The smallest absolute Gasteiger partial charge is 0.407 e. The summed E-state index contributed by atoms with van der Waals surface area (Å²) < 4.78 is 18.1. The molecule has 4 N–H and O–H groups in total. The van der Waals surface area contributed by atoms with Crippen LogP contribution in [-0.4, -0.2) is 23.3 Å². The minimum atomic E-state index is -0.719. The molecule has 0 radical (unpaired) electrons. The van der Waals surface area contributed by atoms with Crippen molar-refractivity contribution in [2.45, 2.75) is 32.4 Å². The van der Waals surface area contributed by atoms with Crippen LogP contribution >= 0.6 is 0 Å². The molecule has 0 fully saturated rings. The molecule has 106 valence electrons. The van der Waals surface area contributed by atoms with E-state index < -0.39 is 23.6 Å². The molecule has 1 atom stereocenters. The van der Waals surface area contributed by atoms with Gasteiger partial charge in [-0.25, -0.2) is 9.18 Å². The lowest BCUT2D eigenvalue weighted by Crippen LogP contribution is -2.36. The molecule has 1 amide bonds. The van der Waals surface area contributed by atoms with Crippen molar-refractivity contribution in [1.29, 1.82) is 0 Å². The zero-order valence-electron chi connectivity index (χ0n) is 11.2. The average molecular weight is 270 g/mol. The maximum atomic E-state index is 13.1. The first-order valence-electron chi connectivity index (χ1n) is 5.90. The Labute approximate surface area is 111 Å². The molecule has 0 aliphatic rings. The van der Waals surface area contributed by atoms with Gasteiger partial charge in [0.05, 0.1) is 6.04 Å². The number of halogens is 1. The van der Waals surface area contributed by atoms with Gasteiger partial charge in [0.2, 0.25) is 0 Å².